The van der Waals surface area contributed by atoms with E-state index in [-0.39, 0.29) is 5.91 Å². The maximum absolute atomic E-state index is 13.2. The largest absolute Gasteiger partial charge is 0.497 e. The van der Waals surface area contributed by atoms with Gasteiger partial charge in [0.25, 0.3) is 5.91 Å². The lowest BCUT2D eigenvalue weighted by molar-refractivity contribution is 0.0954. The molecule has 33 heavy (non-hydrogen) atoms. The van der Waals surface area contributed by atoms with Crippen LogP contribution in [0.2, 0.25) is 0 Å². The molecule has 0 unspecified atom stereocenters. The van der Waals surface area contributed by atoms with Crippen LogP contribution in [-0.2, 0) is 13.0 Å². The van der Waals surface area contributed by atoms with E-state index >= 15 is 0 Å². The molecule has 0 saturated heterocycles. The van der Waals surface area contributed by atoms with Crippen LogP contribution in [0.25, 0.3) is 11.1 Å². The van der Waals surface area contributed by atoms with Gasteiger partial charge in [-0.15, -0.1) is 0 Å². The summed E-state index contributed by atoms with van der Waals surface area (Å²) in [4.78, 5) is 13.2. The summed E-state index contributed by atoms with van der Waals surface area (Å²) < 4.78 is 11.3. The summed E-state index contributed by atoms with van der Waals surface area (Å²) in [6, 6.07) is 33.5. The Labute approximate surface area is 194 Å². The molecule has 0 spiro atoms. The molecule has 4 heteroatoms. The first-order valence-electron chi connectivity index (χ1n) is 11.0. The number of nitrogens with one attached hydrogen (secondary N) is 1. The van der Waals surface area contributed by atoms with Gasteiger partial charge in [0.15, 0.2) is 0 Å². The maximum atomic E-state index is 13.2. The molecule has 4 aromatic rings. The zero-order valence-corrected chi connectivity index (χ0v) is 18.7. The van der Waals surface area contributed by atoms with E-state index in [4.69, 9.17) is 9.47 Å². The van der Waals surface area contributed by atoms with Crippen molar-refractivity contribution in [3.8, 4) is 22.6 Å². The number of amides is 1. The van der Waals surface area contributed by atoms with Crippen LogP contribution in [0.3, 0.4) is 0 Å². The van der Waals surface area contributed by atoms with E-state index in [1.54, 1.807) is 7.11 Å². The molecular formula is C29H27NO3. The number of carbonyl (C=O) groups excluding carboxylic acids is 1. The van der Waals surface area contributed by atoms with Crippen LogP contribution in [0.4, 0.5) is 0 Å². The third-order valence-corrected chi connectivity index (χ3v) is 5.43. The fourth-order valence-electron chi connectivity index (χ4n) is 3.62. The molecule has 0 aromatic heterocycles. The van der Waals surface area contributed by atoms with E-state index in [0.717, 1.165) is 28.9 Å². The van der Waals surface area contributed by atoms with Gasteiger partial charge in [0.2, 0.25) is 0 Å². The van der Waals surface area contributed by atoms with E-state index in [9.17, 15) is 4.79 Å². The SMILES string of the molecule is COc1ccc(-c2ccc(OCc3ccccc3)cc2C(=O)NCCc2ccccc2)cc1. The minimum Gasteiger partial charge on any atom is -0.497 e. The van der Waals surface area contributed by atoms with Crippen molar-refractivity contribution in [1.82, 2.24) is 5.32 Å². The fourth-order valence-corrected chi connectivity index (χ4v) is 3.62. The topological polar surface area (TPSA) is 47.6 Å². The molecular weight excluding hydrogens is 410 g/mol. The summed E-state index contributed by atoms with van der Waals surface area (Å²) in [5.41, 5.74) is 4.64. The van der Waals surface area contributed by atoms with Gasteiger partial charge in [0.1, 0.15) is 18.1 Å². The molecule has 4 aromatic carbocycles. The average molecular weight is 438 g/mol. The van der Waals surface area contributed by atoms with Crippen molar-refractivity contribution >= 4 is 5.91 Å². The summed E-state index contributed by atoms with van der Waals surface area (Å²) in [6.45, 7) is 0.998. The summed E-state index contributed by atoms with van der Waals surface area (Å²) in [7, 11) is 1.64. The smallest absolute Gasteiger partial charge is 0.252 e. The van der Waals surface area contributed by atoms with Crippen LogP contribution in [-0.4, -0.2) is 19.6 Å². The molecule has 0 atom stereocenters. The van der Waals surface area contributed by atoms with Gasteiger partial charge in [-0.1, -0.05) is 72.8 Å². The summed E-state index contributed by atoms with van der Waals surface area (Å²) in [5.74, 6) is 1.31. The van der Waals surface area contributed by atoms with Crippen LogP contribution in [0.15, 0.2) is 103 Å². The highest BCUT2D eigenvalue weighted by Gasteiger charge is 2.15. The summed E-state index contributed by atoms with van der Waals surface area (Å²) in [6.07, 6.45) is 0.772. The third kappa shape index (κ3) is 6.01. The normalized spacial score (nSPS) is 10.5. The maximum Gasteiger partial charge on any atom is 0.252 e. The Hall–Kier alpha value is -4.05. The summed E-state index contributed by atoms with van der Waals surface area (Å²) in [5, 5.41) is 3.06. The standard InChI is InChI=1S/C29H27NO3/c1-32-25-14-12-24(13-15-25)27-17-16-26(33-21-23-10-6-3-7-11-23)20-28(27)29(31)30-19-18-22-8-4-2-5-9-22/h2-17,20H,18-19,21H2,1H3,(H,30,31). The van der Waals surface area contributed by atoms with Crippen molar-refractivity contribution in [2.45, 2.75) is 13.0 Å². The Morgan fingerprint density at radius 3 is 2.06 bits per heavy atom. The van der Waals surface area contributed by atoms with Crippen LogP contribution in [0.1, 0.15) is 21.5 Å². The van der Waals surface area contributed by atoms with Crippen molar-refractivity contribution in [2.24, 2.45) is 0 Å². The van der Waals surface area contributed by atoms with Crippen molar-refractivity contribution in [3.05, 3.63) is 120 Å². The van der Waals surface area contributed by atoms with Crippen LogP contribution in [0, 0.1) is 0 Å². The first-order chi connectivity index (χ1) is 16.2. The highest BCUT2D eigenvalue weighted by Crippen LogP contribution is 2.29. The number of benzene rings is 4. The molecule has 0 bridgehead atoms. The Morgan fingerprint density at radius 1 is 0.758 bits per heavy atom. The molecule has 4 nitrogen and oxygen atoms in total. The Kier molecular flexibility index (Phi) is 7.39. The van der Waals surface area contributed by atoms with Crippen LogP contribution in [0.5, 0.6) is 11.5 Å². The second kappa shape index (κ2) is 11.0. The highest BCUT2D eigenvalue weighted by molar-refractivity contribution is 6.01. The number of carbonyl (C=O) groups is 1. The Bertz CT molecular complexity index is 1170. The van der Waals surface area contributed by atoms with Gasteiger partial charge in [0, 0.05) is 6.54 Å². The van der Waals surface area contributed by atoms with E-state index in [1.165, 1.54) is 5.56 Å². The lowest BCUT2D eigenvalue weighted by Crippen LogP contribution is -2.26. The second-order valence-electron chi connectivity index (χ2n) is 7.70. The average Bonchev–Trinajstić information content (AvgIpc) is 2.88. The Morgan fingerprint density at radius 2 is 1.39 bits per heavy atom. The van der Waals surface area contributed by atoms with Gasteiger partial charge in [-0.05, 0) is 59.0 Å². The van der Waals surface area contributed by atoms with Crippen molar-refractivity contribution in [3.63, 3.8) is 0 Å². The van der Waals surface area contributed by atoms with Crippen molar-refractivity contribution in [1.29, 1.82) is 0 Å². The molecule has 1 N–H and O–H groups in total. The van der Waals surface area contributed by atoms with E-state index in [0.29, 0.717) is 24.5 Å². The second-order valence-corrected chi connectivity index (χ2v) is 7.70. The lowest BCUT2D eigenvalue weighted by Gasteiger charge is -2.14. The van der Waals surface area contributed by atoms with Crippen LogP contribution < -0.4 is 14.8 Å². The zero-order valence-electron chi connectivity index (χ0n) is 18.7. The molecule has 0 saturated carbocycles. The monoisotopic (exact) mass is 437 g/mol. The van der Waals surface area contributed by atoms with Crippen LogP contribution >= 0.6 is 0 Å². The molecule has 0 aliphatic heterocycles. The quantitative estimate of drug-likeness (QED) is 0.354. The molecule has 166 valence electrons. The van der Waals surface area contributed by atoms with Gasteiger partial charge in [-0.25, -0.2) is 0 Å². The predicted molar refractivity (Wildman–Crippen MR) is 132 cm³/mol. The number of hydrogen-bond acceptors (Lipinski definition) is 3. The lowest BCUT2D eigenvalue weighted by atomic mass is 9.98. The third-order valence-electron chi connectivity index (χ3n) is 5.43. The molecule has 0 aliphatic carbocycles. The predicted octanol–water partition coefficient (Wildman–Crippen LogP) is 5.91. The number of methoxy groups -OCH3 is 1. The Balaban J connectivity index is 1.54. The molecule has 0 aliphatic rings. The summed E-state index contributed by atoms with van der Waals surface area (Å²) >= 11 is 0. The number of ether oxygens (including phenoxy) is 2. The molecule has 1 amide bonds. The minimum absolute atomic E-state index is 0.123. The fraction of sp³-hybridized carbons (Fsp3) is 0.138. The van der Waals surface area contributed by atoms with Gasteiger partial charge in [-0.3, -0.25) is 4.79 Å². The van der Waals surface area contributed by atoms with Gasteiger partial charge >= 0.3 is 0 Å². The zero-order chi connectivity index (χ0) is 22.9. The van der Waals surface area contributed by atoms with Gasteiger partial charge in [0.05, 0.1) is 12.7 Å². The number of rotatable bonds is 9. The minimum atomic E-state index is -0.123. The van der Waals surface area contributed by atoms with Crippen molar-refractivity contribution in [2.75, 3.05) is 13.7 Å². The first kappa shape index (κ1) is 22.2. The van der Waals surface area contributed by atoms with E-state index in [1.807, 2.05) is 91.0 Å². The molecule has 4 rings (SSSR count). The van der Waals surface area contributed by atoms with Crippen molar-refractivity contribution < 1.29 is 14.3 Å². The number of hydrogen-bond donors (Lipinski definition) is 1. The van der Waals surface area contributed by atoms with E-state index < -0.39 is 0 Å². The van der Waals surface area contributed by atoms with Gasteiger partial charge < -0.3 is 14.8 Å². The molecule has 0 heterocycles. The van der Waals surface area contributed by atoms with Gasteiger partial charge in [-0.2, -0.15) is 0 Å². The first-order valence-corrected chi connectivity index (χ1v) is 11.0. The molecule has 0 radical (unpaired) electrons. The van der Waals surface area contributed by atoms with E-state index in [2.05, 4.69) is 17.4 Å². The molecule has 0 fully saturated rings. The highest BCUT2D eigenvalue weighted by atomic mass is 16.5.